The van der Waals surface area contributed by atoms with Gasteiger partial charge in [-0.3, -0.25) is 14.9 Å². The highest BCUT2D eigenvalue weighted by Gasteiger charge is 2.27. The van der Waals surface area contributed by atoms with Crippen molar-refractivity contribution in [3.05, 3.63) is 65.7 Å². The molecule has 1 amide bonds. The summed E-state index contributed by atoms with van der Waals surface area (Å²) in [7, 11) is 2.12. The van der Waals surface area contributed by atoms with E-state index < -0.39 is 0 Å². The maximum absolute atomic E-state index is 13.2. The first-order chi connectivity index (χ1) is 14.7. The number of rotatable bonds is 3. The molecule has 0 aliphatic carbocycles. The Kier molecular flexibility index (Phi) is 4.99. The zero-order chi connectivity index (χ0) is 20.5. The molecular formula is C24H27N5O. The standard InChI is InChI=1S/C24H27N5O/c1-28-10-2-4-17-12-18(7-9-23(17)28)24(30)29-11-3-5-20(16-29)22-8-6-19(13-25-22)21-14-26-27-15-21/h6-9,12-15,20H,2-5,10-11,16H2,1H3,(H,26,27). The number of benzene rings is 1. The Bertz CT molecular complexity index is 1030. The zero-order valence-corrected chi connectivity index (χ0v) is 17.3. The third-order valence-electron chi connectivity index (χ3n) is 6.42. The van der Waals surface area contributed by atoms with Crippen LogP contribution in [0.5, 0.6) is 0 Å². The summed E-state index contributed by atoms with van der Waals surface area (Å²) in [6, 6.07) is 10.4. The molecule has 0 bridgehead atoms. The van der Waals surface area contributed by atoms with Crippen molar-refractivity contribution in [3.8, 4) is 11.1 Å². The second-order valence-corrected chi connectivity index (χ2v) is 8.42. The van der Waals surface area contributed by atoms with Crippen molar-refractivity contribution in [3.63, 3.8) is 0 Å². The fourth-order valence-electron chi connectivity index (χ4n) is 4.73. The molecule has 0 radical (unpaired) electrons. The minimum atomic E-state index is 0.144. The minimum absolute atomic E-state index is 0.144. The molecule has 4 heterocycles. The Balaban J connectivity index is 1.31. The number of aromatic amines is 1. The van der Waals surface area contributed by atoms with Gasteiger partial charge < -0.3 is 9.80 Å². The number of hydrogen-bond donors (Lipinski definition) is 1. The van der Waals surface area contributed by atoms with Crippen LogP contribution in [-0.4, -0.2) is 52.7 Å². The van der Waals surface area contributed by atoms with Crippen molar-refractivity contribution in [1.82, 2.24) is 20.1 Å². The van der Waals surface area contributed by atoms with E-state index in [0.29, 0.717) is 0 Å². The maximum Gasteiger partial charge on any atom is 0.253 e. The summed E-state index contributed by atoms with van der Waals surface area (Å²) in [5, 5.41) is 6.84. The Labute approximate surface area is 176 Å². The topological polar surface area (TPSA) is 65.1 Å². The molecule has 2 aromatic heterocycles. The number of piperidine rings is 1. The summed E-state index contributed by atoms with van der Waals surface area (Å²) in [4.78, 5) is 22.2. The molecule has 6 heteroatoms. The van der Waals surface area contributed by atoms with Crippen LogP contribution < -0.4 is 4.90 Å². The lowest BCUT2D eigenvalue weighted by molar-refractivity contribution is 0.0706. The van der Waals surface area contributed by atoms with Crippen molar-refractivity contribution in [1.29, 1.82) is 0 Å². The lowest BCUT2D eigenvalue weighted by Gasteiger charge is -2.33. The van der Waals surface area contributed by atoms with Gasteiger partial charge in [0, 0.05) is 73.1 Å². The molecular weight excluding hydrogens is 374 g/mol. The summed E-state index contributed by atoms with van der Waals surface area (Å²) in [6.45, 7) is 2.63. The quantitative estimate of drug-likeness (QED) is 0.723. The number of carbonyl (C=O) groups is 1. The number of nitrogens with zero attached hydrogens (tertiary/aromatic N) is 4. The van der Waals surface area contributed by atoms with E-state index in [9.17, 15) is 4.79 Å². The number of fused-ring (bicyclic) bond motifs is 1. The predicted molar refractivity (Wildman–Crippen MR) is 118 cm³/mol. The summed E-state index contributed by atoms with van der Waals surface area (Å²) >= 11 is 0. The van der Waals surface area contributed by atoms with Gasteiger partial charge in [0.25, 0.3) is 5.91 Å². The van der Waals surface area contributed by atoms with E-state index >= 15 is 0 Å². The van der Waals surface area contributed by atoms with Crippen LogP contribution in [0.1, 0.15) is 46.8 Å². The van der Waals surface area contributed by atoms with Crippen molar-refractivity contribution >= 4 is 11.6 Å². The van der Waals surface area contributed by atoms with Crippen LogP contribution in [0, 0.1) is 0 Å². The molecule has 1 N–H and O–H groups in total. The third-order valence-corrected chi connectivity index (χ3v) is 6.42. The molecule has 0 spiro atoms. The van der Waals surface area contributed by atoms with E-state index in [0.717, 1.165) is 67.7 Å². The Morgan fingerprint density at radius 3 is 2.83 bits per heavy atom. The lowest BCUT2D eigenvalue weighted by atomic mass is 9.93. The molecule has 1 saturated heterocycles. The highest BCUT2D eigenvalue weighted by molar-refractivity contribution is 5.95. The Morgan fingerprint density at radius 2 is 2.03 bits per heavy atom. The lowest BCUT2D eigenvalue weighted by Crippen LogP contribution is -2.39. The number of pyridine rings is 1. The number of hydrogen-bond acceptors (Lipinski definition) is 4. The molecule has 3 aromatic rings. The van der Waals surface area contributed by atoms with Gasteiger partial charge in [0.1, 0.15) is 0 Å². The van der Waals surface area contributed by atoms with Crippen LogP contribution in [0.25, 0.3) is 11.1 Å². The summed E-state index contributed by atoms with van der Waals surface area (Å²) in [5.74, 6) is 0.426. The molecule has 1 atom stereocenters. The van der Waals surface area contributed by atoms with Crippen molar-refractivity contribution < 1.29 is 4.79 Å². The zero-order valence-electron chi connectivity index (χ0n) is 17.3. The second kappa shape index (κ2) is 7.94. The molecule has 154 valence electrons. The number of anilines is 1. The van der Waals surface area contributed by atoms with Gasteiger partial charge >= 0.3 is 0 Å². The summed E-state index contributed by atoms with van der Waals surface area (Å²) in [6.07, 6.45) is 9.85. The number of likely N-dealkylation sites (tertiary alicyclic amines) is 1. The van der Waals surface area contributed by atoms with Crippen molar-refractivity contribution in [2.24, 2.45) is 0 Å². The first kappa shape index (κ1) is 18.9. The van der Waals surface area contributed by atoms with Crippen LogP contribution in [0.3, 0.4) is 0 Å². The third kappa shape index (κ3) is 3.58. The van der Waals surface area contributed by atoms with Gasteiger partial charge in [0.15, 0.2) is 0 Å². The molecule has 0 saturated carbocycles. The van der Waals surface area contributed by atoms with E-state index in [1.807, 2.05) is 23.4 Å². The predicted octanol–water partition coefficient (Wildman–Crippen LogP) is 3.87. The molecule has 1 fully saturated rings. The van der Waals surface area contributed by atoms with Gasteiger partial charge in [-0.05, 0) is 55.5 Å². The number of carbonyl (C=O) groups excluding carboxylic acids is 1. The van der Waals surface area contributed by atoms with Gasteiger partial charge in [0.2, 0.25) is 0 Å². The monoisotopic (exact) mass is 401 g/mol. The molecule has 5 rings (SSSR count). The van der Waals surface area contributed by atoms with E-state index in [-0.39, 0.29) is 11.8 Å². The number of aryl methyl sites for hydroxylation is 1. The average molecular weight is 402 g/mol. The van der Waals surface area contributed by atoms with Crippen molar-refractivity contribution in [2.45, 2.75) is 31.6 Å². The smallest absolute Gasteiger partial charge is 0.253 e. The molecule has 6 nitrogen and oxygen atoms in total. The fourth-order valence-corrected chi connectivity index (χ4v) is 4.73. The molecule has 2 aliphatic heterocycles. The van der Waals surface area contributed by atoms with Crippen LogP contribution in [0.15, 0.2) is 48.9 Å². The number of nitrogens with one attached hydrogen (secondary N) is 1. The van der Waals surface area contributed by atoms with Gasteiger partial charge in [-0.15, -0.1) is 0 Å². The SMILES string of the molecule is CN1CCCc2cc(C(=O)N3CCCC(c4ccc(-c5cn[nH]c5)cn4)C3)ccc21. The van der Waals surface area contributed by atoms with Gasteiger partial charge in [0.05, 0.1) is 6.20 Å². The fraction of sp³-hybridized carbons (Fsp3) is 0.375. The average Bonchev–Trinajstić information content (AvgIpc) is 3.34. The molecule has 30 heavy (non-hydrogen) atoms. The van der Waals surface area contributed by atoms with Crippen LogP contribution in [0.4, 0.5) is 5.69 Å². The highest BCUT2D eigenvalue weighted by Crippen LogP contribution is 2.30. The first-order valence-corrected chi connectivity index (χ1v) is 10.8. The maximum atomic E-state index is 13.2. The highest BCUT2D eigenvalue weighted by atomic mass is 16.2. The van der Waals surface area contributed by atoms with Crippen molar-refractivity contribution in [2.75, 3.05) is 31.6 Å². The van der Waals surface area contributed by atoms with Gasteiger partial charge in [-0.25, -0.2) is 0 Å². The molecule has 2 aliphatic rings. The number of H-pyrrole nitrogens is 1. The van der Waals surface area contributed by atoms with E-state index in [4.69, 9.17) is 4.98 Å². The molecule has 1 unspecified atom stereocenters. The van der Waals surface area contributed by atoms with Crippen LogP contribution in [-0.2, 0) is 6.42 Å². The summed E-state index contributed by atoms with van der Waals surface area (Å²) in [5.41, 5.74) is 6.51. The Hall–Kier alpha value is -3.15. The van der Waals surface area contributed by atoms with Crippen LogP contribution in [0.2, 0.25) is 0 Å². The van der Waals surface area contributed by atoms with E-state index in [1.165, 1.54) is 11.3 Å². The first-order valence-electron chi connectivity index (χ1n) is 10.8. The normalized spacial score (nSPS) is 18.9. The van der Waals surface area contributed by atoms with Gasteiger partial charge in [-0.1, -0.05) is 6.07 Å². The van der Waals surface area contributed by atoms with Crippen LogP contribution >= 0.6 is 0 Å². The molecule has 1 aromatic carbocycles. The number of aromatic nitrogens is 3. The van der Waals surface area contributed by atoms with Gasteiger partial charge in [-0.2, -0.15) is 5.10 Å². The minimum Gasteiger partial charge on any atom is -0.374 e. The van der Waals surface area contributed by atoms with E-state index in [2.05, 4.69) is 46.4 Å². The Morgan fingerprint density at radius 1 is 1.10 bits per heavy atom. The largest absolute Gasteiger partial charge is 0.374 e. The summed E-state index contributed by atoms with van der Waals surface area (Å²) < 4.78 is 0. The van der Waals surface area contributed by atoms with E-state index in [1.54, 1.807) is 6.20 Å². The number of amides is 1. The second-order valence-electron chi connectivity index (χ2n) is 8.42.